The lowest BCUT2D eigenvalue weighted by Crippen LogP contribution is -2.39. The number of imidazole rings is 1. The first-order chi connectivity index (χ1) is 8.69. The zero-order chi connectivity index (χ0) is 12.7. The van der Waals surface area contributed by atoms with Crippen molar-refractivity contribution in [2.75, 3.05) is 18.0 Å². The SMILES string of the molecule is CC1CC(C)CN(c2nc3sccn3c2CO)C1. The van der Waals surface area contributed by atoms with Crippen LogP contribution in [0.2, 0.25) is 0 Å². The summed E-state index contributed by atoms with van der Waals surface area (Å²) in [7, 11) is 0. The van der Waals surface area contributed by atoms with Gasteiger partial charge in [0.1, 0.15) is 0 Å². The summed E-state index contributed by atoms with van der Waals surface area (Å²) < 4.78 is 2.00. The fourth-order valence-electron chi connectivity index (χ4n) is 3.06. The van der Waals surface area contributed by atoms with Gasteiger partial charge in [-0.3, -0.25) is 4.40 Å². The van der Waals surface area contributed by atoms with Gasteiger partial charge in [-0.2, -0.15) is 0 Å². The van der Waals surface area contributed by atoms with E-state index in [1.54, 1.807) is 11.3 Å². The molecule has 2 atom stereocenters. The van der Waals surface area contributed by atoms with E-state index in [4.69, 9.17) is 0 Å². The van der Waals surface area contributed by atoms with Crippen molar-refractivity contribution in [1.82, 2.24) is 9.38 Å². The molecule has 4 nitrogen and oxygen atoms in total. The summed E-state index contributed by atoms with van der Waals surface area (Å²) in [5, 5.41) is 11.6. The summed E-state index contributed by atoms with van der Waals surface area (Å²) in [6.45, 7) is 6.72. The second-order valence-electron chi connectivity index (χ2n) is 5.45. The van der Waals surface area contributed by atoms with Crippen LogP contribution in [0.1, 0.15) is 26.0 Å². The van der Waals surface area contributed by atoms with Crippen LogP contribution in [0.3, 0.4) is 0 Å². The first-order valence-corrected chi connectivity index (χ1v) is 7.37. The van der Waals surface area contributed by atoms with E-state index in [2.05, 4.69) is 23.7 Å². The van der Waals surface area contributed by atoms with Crippen molar-refractivity contribution in [2.45, 2.75) is 26.9 Å². The number of rotatable bonds is 2. The Morgan fingerprint density at radius 2 is 2.11 bits per heavy atom. The molecule has 3 rings (SSSR count). The van der Waals surface area contributed by atoms with E-state index in [0.717, 1.165) is 29.6 Å². The second-order valence-corrected chi connectivity index (χ2v) is 6.32. The molecule has 0 aromatic carbocycles. The number of fused-ring (bicyclic) bond motifs is 1. The average molecular weight is 265 g/mol. The van der Waals surface area contributed by atoms with E-state index in [1.165, 1.54) is 6.42 Å². The highest BCUT2D eigenvalue weighted by Crippen LogP contribution is 2.30. The standard InChI is InChI=1S/C13H19N3OS/c1-9-5-10(2)7-15(6-9)12-11(8-17)16-3-4-18-13(16)14-12/h3-4,9-10,17H,5-8H2,1-2H3. The number of hydrogen-bond donors (Lipinski definition) is 1. The fraction of sp³-hybridized carbons (Fsp3) is 0.615. The molecule has 98 valence electrons. The van der Waals surface area contributed by atoms with Crippen LogP contribution >= 0.6 is 11.3 Å². The van der Waals surface area contributed by atoms with Gasteiger partial charge in [0.05, 0.1) is 12.3 Å². The highest BCUT2D eigenvalue weighted by Gasteiger charge is 2.26. The van der Waals surface area contributed by atoms with Crippen LogP contribution in [0.25, 0.3) is 4.96 Å². The molecule has 1 aliphatic rings. The molecule has 0 saturated carbocycles. The normalized spacial score (nSPS) is 24.9. The topological polar surface area (TPSA) is 40.8 Å². The van der Waals surface area contributed by atoms with Crippen molar-refractivity contribution < 1.29 is 5.11 Å². The summed E-state index contributed by atoms with van der Waals surface area (Å²) in [4.78, 5) is 7.99. The maximum atomic E-state index is 9.60. The number of hydrogen-bond acceptors (Lipinski definition) is 4. The zero-order valence-electron chi connectivity index (χ0n) is 10.8. The van der Waals surface area contributed by atoms with E-state index >= 15 is 0 Å². The lowest BCUT2D eigenvalue weighted by Gasteiger charge is -2.35. The third kappa shape index (κ3) is 1.91. The first kappa shape index (κ1) is 12.0. The Kier molecular flexibility index (Phi) is 3.03. The third-order valence-corrected chi connectivity index (χ3v) is 4.41. The van der Waals surface area contributed by atoms with Crippen LogP contribution in [0.4, 0.5) is 5.82 Å². The average Bonchev–Trinajstić information content (AvgIpc) is 2.86. The quantitative estimate of drug-likeness (QED) is 0.906. The maximum Gasteiger partial charge on any atom is 0.195 e. The Bertz CT molecular complexity index is 537. The van der Waals surface area contributed by atoms with Crippen LogP contribution in [0, 0.1) is 11.8 Å². The number of anilines is 1. The second kappa shape index (κ2) is 4.55. The molecule has 1 N–H and O–H groups in total. The molecule has 5 heteroatoms. The van der Waals surface area contributed by atoms with E-state index in [1.807, 2.05) is 16.0 Å². The Balaban J connectivity index is 1.99. The molecule has 1 saturated heterocycles. The van der Waals surface area contributed by atoms with E-state index in [9.17, 15) is 5.11 Å². The van der Waals surface area contributed by atoms with E-state index in [-0.39, 0.29) is 6.61 Å². The molecule has 18 heavy (non-hydrogen) atoms. The Labute approximate surface area is 111 Å². The maximum absolute atomic E-state index is 9.60. The first-order valence-electron chi connectivity index (χ1n) is 6.49. The molecular formula is C13H19N3OS. The third-order valence-electron chi connectivity index (χ3n) is 3.66. The van der Waals surface area contributed by atoms with Crippen molar-refractivity contribution in [3.8, 4) is 0 Å². The van der Waals surface area contributed by atoms with Crippen LogP contribution in [-0.2, 0) is 6.61 Å². The highest BCUT2D eigenvalue weighted by atomic mass is 32.1. The molecule has 1 fully saturated rings. The van der Waals surface area contributed by atoms with Crippen LogP contribution in [0.5, 0.6) is 0 Å². The zero-order valence-corrected chi connectivity index (χ0v) is 11.7. The monoisotopic (exact) mass is 265 g/mol. The number of piperidine rings is 1. The summed E-state index contributed by atoms with van der Waals surface area (Å²) >= 11 is 1.62. The van der Waals surface area contributed by atoms with Crippen molar-refractivity contribution in [1.29, 1.82) is 0 Å². The molecule has 2 aromatic heterocycles. The molecular weight excluding hydrogens is 246 g/mol. The lowest BCUT2D eigenvalue weighted by atomic mass is 9.92. The summed E-state index contributed by atoms with van der Waals surface area (Å²) in [5.74, 6) is 2.36. The Morgan fingerprint density at radius 3 is 2.78 bits per heavy atom. The summed E-state index contributed by atoms with van der Waals surface area (Å²) in [6, 6.07) is 0. The van der Waals surface area contributed by atoms with Crippen molar-refractivity contribution in [3.05, 3.63) is 17.3 Å². The van der Waals surface area contributed by atoms with Gasteiger partial charge in [0.25, 0.3) is 0 Å². The van der Waals surface area contributed by atoms with Crippen molar-refractivity contribution >= 4 is 22.1 Å². The Hall–Kier alpha value is -1.07. The van der Waals surface area contributed by atoms with Gasteiger partial charge in [0, 0.05) is 24.7 Å². The van der Waals surface area contributed by atoms with Gasteiger partial charge in [0.15, 0.2) is 10.8 Å². The predicted octanol–water partition coefficient (Wildman–Crippen LogP) is 2.37. The lowest BCUT2D eigenvalue weighted by molar-refractivity contribution is 0.275. The van der Waals surface area contributed by atoms with Crippen LogP contribution < -0.4 is 4.90 Å². The number of thiazole rings is 1. The van der Waals surface area contributed by atoms with Gasteiger partial charge in [-0.05, 0) is 18.3 Å². The minimum atomic E-state index is 0.0481. The van der Waals surface area contributed by atoms with Gasteiger partial charge < -0.3 is 10.0 Å². The molecule has 0 bridgehead atoms. The van der Waals surface area contributed by atoms with Crippen LogP contribution in [-0.4, -0.2) is 27.6 Å². The number of aromatic nitrogens is 2. The fourth-order valence-corrected chi connectivity index (χ4v) is 3.79. The number of aliphatic hydroxyl groups excluding tert-OH is 1. The molecule has 2 unspecified atom stereocenters. The Morgan fingerprint density at radius 1 is 1.39 bits per heavy atom. The molecule has 0 aliphatic carbocycles. The molecule has 1 aliphatic heterocycles. The largest absolute Gasteiger partial charge is 0.390 e. The minimum absolute atomic E-state index is 0.0481. The van der Waals surface area contributed by atoms with Gasteiger partial charge in [-0.25, -0.2) is 4.98 Å². The van der Waals surface area contributed by atoms with Crippen molar-refractivity contribution in [2.24, 2.45) is 11.8 Å². The number of aliphatic hydroxyl groups is 1. The highest BCUT2D eigenvalue weighted by molar-refractivity contribution is 7.15. The molecule has 0 spiro atoms. The van der Waals surface area contributed by atoms with Gasteiger partial charge in [0.2, 0.25) is 0 Å². The van der Waals surface area contributed by atoms with E-state index < -0.39 is 0 Å². The molecule has 2 aromatic rings. The molecule has 0 radical (unpaired) electrons. The van der Waals surface area contributed by atoms with Crippen molar-refractivity contribution in [3.63, 3.8) is 0 Å². The summed E-state index contributed by atoms with van der Waals surface area (Å²) in [5.41, 5.74) is 0.924. The molecule has 0 amide bonds. The molecule has 3 heterocycles. The smallest absolute Gasteiger partial charge is 0.195 e. The van der Waals surface area contributed by atoms with Gasteiger partial charge in [-0.1, -0.05) is 13.8 Å². The van der Waals surface area contributed by atoms with Crippen LogP contribution in [0.15, 0.2) is 11.6 Å². The number of nitrogens with zero attached hydrogens (tertiary/aromatic N) is 3. The minimum Gasteiger partial charge on any atom is -0.390 e. The predicted molar refractivity (Wildman–Crippen MR) is 74.1 cm³/mol. The van der Waals surface area contributed by atoms with E-state index in [0.29, 0.717) is 11.8 Å². The van der Waals surface area contributed by atoms with Gasteiger partial charge >= 0.3 is 0 Å². The van der Waals surface area contributed by atoms with Gasteiger partial charge in [-0.15, -0.1) is 11.3 Å². The summed E-state index contributed by atoms with van der Waals surface area (Å²) in [6.07, 6.45) is 3.27.